The topological polar surface area (TPSA) is 80.1 Å². The van der Waals surface area contributed by atoms with E-state index in [1.807, 2.05) is 30.3 Å². The molecule has 24 heavy (non-hydrogen) atoms. The zero-order valence-corrected chi connectivity index (χ0v) is 13.2. The van der Waals surface area contributed by atoms with Crippen molar-refractivity contribution < 1.29 is 4.79 Å². The maximum Gasteiger partial charge on any atom is 0.264 e. The van der Waals surface area contributed by atoms with Crippen molar-refractivity contribution in [3.05, 3.63) is 65.6 Å². The summed E-state index contributed by atoms with van der Waals surface area (Å²) in [6.07, 6.45) is 6.68. The molecule has 1 aliphatic rings. The normalized spacial score (nSPS) is 17.6. The molecule has 1 saturated heterocycles. The van der Waals surface area contributed by atoms with Crippen LogP contribution < -0.4 is 5.32 Å². The number of nitrogens with one attached hydrogen (secondary N) is 1. The SMILES string of the molecule is O=C1NC(=Nc2cccnc2)S/C1=C\c1cnc2ccccc2n1. The highest BCUT2D eigenvalue weighted by Gasteiger charge is 2.24. The summed E-state index contributed by atoms with van der Waals surface area (Å²) < 4.78 is 0. The van der Waals surface area contributed by atoms with Gasteiger partial charge in [-0.1, -0.05) is 12.1 Å². The van der Waals surface area contributed by atoms with Gasteiger partial charge in [0.05, 0.1) is 39.7 Å². The van der Waals surface area contributed by atoms with Crippen LogP contribution in [0.4, 0.5) is 5.69 Å². The Bertz CT molecular complexity index is 984. The number of benzene rings is 1. The lowest BCUT2D eigenvalue weighted by molar-refractivity contribution is -0.115. The first-order valence-corrected chi connectivity index (χ1v) is 8.01. The number of nitrogens with zero attached hydrogens (tertiary/aromatic N) is 4. The minimum atomic E-state index is -0.197. The Labute approximate surface area is 141 Å². The number of thioether (sulfide) groups is 1. The van der Waals surface area contributed by atoms with E-state index in [4.69, 9.17) is 0 Å². The molecule has 0 radical (unpaired) electrons. The molecule has 1 N–H and O–H groups in total. The van der Waals surface area contributed by atoms with Gasteiger partial charge in [0.15, 0.2) is 5.17 Å². The van der Waals surface area contributed by atoms with Crippen molar-refractivity contribution in [1.82, 2.24) is 20.3 Å². The van der Waals surface area contributed by atoms with Crippen LogP contribution in [-0.2, 0) is 4.79 Å². The Balaban J connectivity index is 1.62. The van der Waals surface area contributed by atoms with E-state index in [1.165, 1.54) is 11.8 Å². The van der Waals surface area contributed by atoms with Gasteiger partial charge in [-0.3, -0.25) is 14.8 Å². The van der Waals surface area contributed by atoms with E-state index in [2.05, 4.69) is 25.3 Å². The molecule has 0 bridgehead atoms. The van der Waals surface area contributed by atoms with Crippen LogP contribution in [0.2, 0.25) is 0 Å². The largest absolute Gasteiger partial charge is 0.300 e. The molecule has 0 spiro atoms. The second-order valence-electron chi connectivity index (χ2n) is 4.98. The molecule has 0 unspecified atom stereocenters. The number of hydrogen-bond acceptors (Lipinski definition) is 6. The minimum absolute atomic E-state index is 0.197. The Morgan fingerprint density at radius 2 is 1.96 bits per heavy atom. The molecule has 0 saturated carbocycles. The van der Waals surface area contributed by atoms with Gasteiger partial charge in [-0.05, 0) is 42.1 Å². The van der Waals surface area contributed by atoms with Crippen LogP contribution >= 0.6 is 11.8 Å². The van der Waals surface area contributed by atoms with Crippen molar-refractivity contribution in [2.45, 2.75) is 0 Å². The number of amides is 1. The first kappa shape index (κ1) is 14.5. The van der Waals surface area contributed by atoms with E-state index in [0.717, 1.165) is 11.0 Å². The fourth-order valence-electron chi connectivity index (χ4n) is 2.19. The summed E-state index contributed by atoms with van der Waals surface area (Å²) in [6.45, 7) is 0. The molecule has 0 aliphatic carbocycles. The number of carbonyl (C=O) groups is 1. The van der Waals surface area contributed by atoms with Crippen LogP contribution in [0.1, 0.15) is 5.69 Å². The van der Waals surface area contributed by atoms with E-state index in [-0.39, 0.29) is 5.91 Å². The maximum absolute atomic E-state index is 12.1. The Kier molecular flexibility index (Phi) is 3.76. The average molecular weight is 333 g/mol. The van der Waals surface area contributed by atoms with Crippen LogP contribution in [0.15, 0.2) is 64.9 Å². The third-order valence-corrected chi connectivity index (χ3v) is 4.18. The fraction of sp³-hybridized carbons (Fsp3) is 0. The Morgan fingerprint density at radius 3 is 2.79 bits per heavy atom. The molecule has 7 heteroatoms. The number of amidine groups is 1. The number of hydrogen-bond donors (Lipinski definition) is 1. The highest BCUT2D eigenvalue weighted by atomic mass is 32.2. The van der Waals surface area contributed by atoms with Crippen molar-refractivity contribution >= 4 is 45.6 Å². The number of rotatable bonds is 2. The van der Waals surface area contributed by atoms with E-state index < -0.39 is 0 Å². The number of para-hydroxylation sites is 2. The first-order valence-electron chi connectivity index (χ1n) is 7.19. The zero-order valence-electron chi connectivity index (χ0n) is 12.4. The summed E-state index contributed by atoms with van der Waals surface area (Å²) in [7, 11) is 0. The van der Waals surface area contributed by atoms with E-state index in [1.54, 1.807) is 30.7 Å². The third-order valence-electron chi connectivity index (χ3n) is 3.27. The van der Waals surface area contributed by atoms with E-state index >= 15 is 0 Å². The monoisotopic (exact) mass is 333 g/mol. The highest BCUT2D eigenvalue weighted by Crippen LogP contribution is 2.27. The van der Waals surface area contributed by atoms with Gasteiger partial charge in [0.1, 0.15) is 0 Å². The number of carbonyl (C=O) groups excluding carboxylic acids is 1. The van der Waals surface area contributed by atoms with Gasteiger partial charge in [-0.25, -0.2) is 9.98 Å². The fourth-order valence-corrected chi connectivity index (χ4v) is 3.02. The number of pyridine rings is 1. The second-order valence-corrected chi connectivity index (χ2v) is 6.01. The molecule has 3 aromatic rings. The summed E-state index contributed by atoms with van der Waals surface area (Å²) in [6, 6.07) is 11.2. The molecule has 4 rings (SSSR count). The summed E-state index contributed by atoms with van der Waals surface area (Å²) in [4.78, 5) is 29.8. The molecular weight excluding hydrogens is 322 g/mol. The molecule has 1 amide bonds. The predicted molar refractivity (Wildman–Crippen MR) is 94.6 cm³/mol. The van der Waals surface area contributed by atoms with Crippen LogP contribution in [-0.4, -0.2) is 26.0 Å². The van der Waals surface area contributed by atoms with Crippen molar-refractivity contribution in [3.63, 3.8) is 0 Å². The number of aliphatic imine (C=N–C) groups is 1. The van der Waals surface area contributed by atoms with E-state index in [0.29, 0.717) is 21.5 Å². The zero-order chi connectivity index (χ0) is 16.4. The Morgan fingerprint density at radius 1 is 1.08 bits per heavy atom. The van der Waals surface area contributed by atoms with Crippen LogP contribution in [0.5, 0.6) is 0 Å². The summed E-state index contributed by atoms with van der Waals surface area (Å²) >= 11 is 1.27. The highest BCUT2D eigenvalue weighted by molar-refractivity contribution is 8.18. The van der Waals surface area contributed by atoms with Gasteiger partial charge in [0.2, 0.25) is 0 Å². The van der Waals surface area contributed by atoms with Gasteiger partial charge in [0.25, 0.3) is 5.91 Å². The summed E-state index contributed by atoms with van der Waals surface area (Å²) in [5, 5.41) is 3.26. The molecule has 6 nitrogen and oxygen atoms in total. The van der Waals surface area contributed by atoms with Gasteiger partial charge in [0, 0.05) is 6.20 Å². The molecule has 2 aromatic heterocycles. The lowest BCUT2D eigenvalue weighted by atomic mass is 10.3. The van der Waals surface area contributed by atoms with Crippen LogP contribution in [0.25, 0.3) is 17.1 Å². The molecular formula is C17H11N5OS. The standard InChI is InChI=1S/C17H11N5OS/c23-16-15(24-17(22-16)21-11-4-3-7-18-9-11)8-12-10-19-13-5-1-2-6-14(13)20-12/h1-10H,(H,21,22,23)/b15-8-. The minimum Gasteiger partial charge on any atom is -0.300 e. The molecule has 1 fully saturated rings. The van der Waals surface area contributed by atoms with Gasteiger partial charge >= 0.3 is 0 Å². The van der Waals surface area contributed by atoms with Crippen LogP contribution in [0.3, 0.4) is 0 Å². The quantitative estimate of drug-likeness (QED) is 0.729. The molecule has 1 aliphatic heterocycles. The number of aromatic nitrogens is 3. The lowest BCUT2D eigenvalue weighted by Crippen LogP contribution is -2.19. The second kappa shape index (κ2) is 6.21. The lowest BCUT2D eigenvalue weighted by Gasteiger charge is -1.98. The predicted octanol–water partition coefficient (Wildman–Crippen LogP) is 2.92. The summed E-state index contributed by atoms with van der Waals surface area (Å²) in [5.74, 6) is -0.197. The molecule has 1 aromatic carbocycles. The maximum atomic E-state index is 12.1. The van der Waals surface area contributed by atoms with Crippen LogP contribution in [0, 0.1) is 0 Å². The van der Waals surface area contributed by atoms with Crippen molar-refractivity contribution in [2.24, 2.45) is 4.99 Å². The molecule has 116 valence electrons. The van der Waals surface area contributed by atoms with Crippen molar-refractivity contribution in [2.75, 3.05) is 0 Å². The molecule has 3 heterocycles. The molecule has 0 atom stereocenters. The van der Waals surface area contributed by atoms with Gasteiger partial charge in [-0.15, -0.1) is 0 Å². The van der Waals surface area contributed by atoms with Gasteiger partial charge in [-0.2, -0.15) is 0 Å². The first-order chi connectivity index (χ1) is 11.8. The third kappa shape index (κ3) is 3.02. The smallest absolute Gasteiger partial charge is 0.264 e. The number of fused-ring (bicyclic) bond motifs is 1. The average Bonchev–Trinajstić information content (AvgIpc) is 2.95. The summed E-state index contributed by atoms with van der Waals surface area (Å²) in [5.41, 5.74) is 2.93. The van der Waals surface area contributed by atoms with Crippen molar-refractivity contribution in [3.8, 4) is 0 Å². The van der Waals surface area contributed by atoms with E-state index in [9.17, 15) is 4.79 Å². The van der Waals surface area contributed by atoms with Gasteiger partial charge < -0.3 is 5.32 Å². The Hall–Kier alpha value is -3.06. The van der Waals surface area contributed by atoms with Crippen molar-refractivity contribution in [1.29, 1.82) is 0 Å².